The van der Waals surface area contributed by atoms with Gasteiger partial charge in [-0.05, 0) is 36.2 Å². The van der Waals surface area contributed by atoms with Crippen molar-refractivity contribution in [2.24, 2.45) is 0 Å². The lowest BCUT2D eigenvalue weighted by molar-refractivity contribution is -0.385. The molecule has 114 valence electrons. The maximum atomic E-state index is 10.9. The molecule has 2 aromatic carbocycles. The van der Waals surface area contributed by atoms with Crippen LogP contribution >= 0.6 is 11.8 Å². The lowest BCUT2D eigenvalue weighted by Gasteiger charge is -2.06. The highest BCUT2D eigenvalue weighted by molar-refractivity contribution is 7.99. The Morgan fingerprint density at radius 3 is 2.36 bits per heavy atom. The largest absolute Gasteiger partial charge is 0.481 e. The van der Waals surface area contributed by atoms with E-state index in [4.69, 9.17) is 5.11 Å². The molecule has 2 aromatic rings. The fraction of sp³-hybridized carbons (Fsp3) is 0.188. The summed E-state index contributed by atoms with van der Waals surface area (Å²) in [5.41, 5.74) is 1.59. The van der Waals surface area contributed by atoms with Gasteiger partial charge in [0.2, 0.25) is 0 Å². The van der Waals surface area contributed by atoms with Crippen LogP contribution in [0, 0.1) is 10.1 Å². The van der Waals surface area contributed by atoms with Gasteiger partial charge < -0.3 is 5.11 Å². The number of nitrogens with zero attached hydrogens (tertiary/aromatic N) is 1. The van der Waals surface area contributed by atoms with E-state index in [1.807, 2.05) is 25.1 Å². The van der Waals surface area contributed by atoms with Crippen molar-refractivity contribution in [3.63, 3.8) is 0 Å². The van der Waals surface area contributed by atoms with Gasteiger partial charge in [0.25, 0.3) is 5.69 Å². The van der Waals surface area contributed by atoms with E-state index in [-0.39, 0.29) is 17.0 Å². The summed E-state index contributed by atoms with van der Waals surface area (Å²) in [7, 11) is 0. The van der Waals surface area contributed by atoms with Crippen molar-refractivity contribution in [1.82, 2.24) is 0 Å². The molecule has 0 spiro atoms. The smallest absolute Gasteiger partial charge is 0.307 e. The number of carbonyl (C=O) groups is 1. The molecule has 0 fully saturated rings. The van der Waals surface area contributed by atoms with Crippen LogP contribution in [0.25, 0.3) is 0 Å². The molecular weight excluding hydrogens is 302 g/mol. The molecule has 0 aliphatic carbocycles. The molecule has 0 heterocycles. The number of carboxylic acids is 1. The Bertz CT molecular complexity index is 698. The molecule has 0 atom stereocenters. The Hall–Kier alpha value is -2.34. The third-order valence-corrected chi connectivity index (χ3v) is 4.14. The first-order valence-electron chi connectivity index (χ1n) is 6.75. The van der Waals surface area contributed by atoms with Crippen molar-refractivity contribution in [2.45, 2.75) is 29.6 Å². The molecule has 0 amide bonds. The third-order valence-electron chi connectivity index (χ3n) is 3.14. The SMILES string of the molecule is CCc1cc(Sc2ccc(CC(=O)O)cc2)ccc1[N+](=O)[O-]. The summed E-state index contributed by atoms with van der Waals surface area (Å²) < 4.78 is 0. The number of rotatable bonds is 6. The van der Waals surface area contributed by atoms with E-state index in [1.165, 1.54) is 17.8 Å². The van der Waals surface area contributed by atoms with Crippen molar-refractivity contribution in [3.05, 3.63) is 63.7 Å². The van der Waals surface area contributed by atoms with Crippen LogP contribution in [-0.4, -0.2) is 16.0 Å². The number of aliphatic carboxylic acids is 1. The van der Waals surface area contributed by atoms with Crippen LogP contribution < -0.4 is 0 Å². The topological polar surface area (TPSA) is 80.4 Å². The fourth-order valence-electron chi connectivity index (χ4n) is 2.07. The molecule has 0 aromatic heterocycles. The van der Waals surface area contributed by atoms with Crippen LogP contribution in [0.5, 0.6) is 0 Å². The molecule has 5 nitrogen and oxygen atoms in total. The van der Waals surface area contributed by atoms with Crippen LogP contribution in [0.4, 0.5) is 5.69 Å². The average Bonchev–Trinajstić information content (AvgIpc) is 2.48. The van der Waals surface area contributed by atoms with Gasteiger partial charge in [0, 0.05) is 21.4 Å². The van der Waals surface area contributed by atoms with E-state index in [9.17, 15) is 14.9 Å². The zero-order valence-corrected chi connectivity index (χ0v) is 12.8. The Kier molecular flexibility index (Phi) is 5.16. The minimum Gasteiger partial charge on any atom is -0.481 e. The zero-order valence-electron chi connectivity index (χ0n) is 12.0. The molecule has 22 heavy (non-hydrogen) atoms. The highest BCUT2D eigenvalue weighted by Gasteiger charge is 2.13. The van der Waals surface area contributed by atoms with E-state index in [0.717, 1.165) is 15.4 Å². The predicted octanol–water partition coefficient (Wildman–Crippen LogP) is 3.94. The Balaban J connectivity index is 2.16. The van der Waals surface area contributed by atoms with Crippen LogP contribution in [0.1, 0.15) is 18.1 Å². The van der Waals surface area contributed by atoms with Gasteiger partial charge >= 0.3 is 5.97 Å². The number of nitro groups is 1. The van der Waals surface area contributed by atoms with Gasteiger partial charge in [-0.1, -0.05) is 30.8 Å². The minimum atomic E-state index is -0.858. The summed E-state index contributed by atoms with van der Waals surface area (Å²) in [5, 5.41) is 19.7. The monoisotopic (exact) mass is 317 g/mol. The Morgan fingerprint density at radius 2 is 1.82 bits per heavy atom. The van der Waals surface area contributed by atoms with Crippen LogP contribution in [0.3, 0.4) is 0 Å². The van der Waals surface area contributed by atoms with E-state index in [0.29, 0.717) is 12.0 Å². The highest BCUT2D eigenvalue weighted by atomic mass is 32.2. The van der Waals surface area contributed by atoms with Gasteiger partial charge in [-0.15, -0.1) is 0 Å². The predicted molar refractivity (Wildman–Crippen MR) is 84.4 cm³/mol. The van der Waals surface area contributed by atoms with Gasteiger partial charge in [0.15, 0.2) is 0 Å². The van der Waals surface area contributed by atoms with Crippen LogP contribution in [0.2, 0.25) is 0 Å². The van der Waals surface area contributed by atoms with E-state index in [2.05, 4.69) is 0 Å². The fourth-order valence-corrected chi connectivity index (χ4v) is 2.95. The molecule has 2 rings (SSSR count). The number of aryl methyl sites for hydroxylation is 1. The molecule has 0 saturated heterocycles. The van der Waals surface area contributed by atoms with E-state index in [1.54, 1.807) is 18.2 Å². The molecule has 0 aliphatic rings. The second kappa shape index (κ2) is 7.09. The van der Waals surface area contributed by atoms with Gasteiger partial charge in [0.05, 0.1) is 11.3 Å². The van der Waals surface area contributed by atoms with Crippen molar-refractivity contribution in [1.29, 1.82) is 0 Å². The molecule has 0 radical (unpaired) electrons. The molecule has 0 unspecified atom stereocenters. The first kappa shape index (κ1) is 16.0. The summed E-state index contributed by atoms with van der Waals surface area (Å²) in [4.78, 5) is 23.1. The zero-order chi connectivity index (χ0) is 16.1. The summed E-state index contributed by atoms with van der Waals surface area (Å²) >= 11 is 1.50. The first-order valence-corrected chi connectivity index (χ1v) is 7.57. The molecule has 0 aliphatic heterocycles. The van der Waals surface area contributed by atoms with Crippen molar-refractivity contribution < 1.29 is 14.8 Å². The molecule has 0 saturated carbocycles. The van der Waals surface area contributed by atoms with E-state index < -0.39 is 5.97 Å². The third kappa shape index (κ3) is 4.08. The lowest BCUT2D eigenvalue weighted by Crippen LogP contribution is -1.99. The van der Waals surface area contributed by atoms with Crippen LogP contribution in [0.15, 0.2) is 52.3 Å². The molecular formula is C16H15NO4S. The maximum absolute atomic E-state index is 10.9. The van der Waals surface area contributed by atoms with Crippen molar-refractivity contribution in [2.75, 3.05) is 0 Å². The maximum Gasteiger partial charge on any atom is 0.307 e. The van der Waals surface area contributed by atoms with Gasteiger partial charge in [-0.2, -0.15) is 0 Å². The highest BCUT2D eigenvalue weighted by Crippen LogP contribution is 2.31. The molecule has 0 bridgehead atoms. The Labute approximate surface area is 132 Å². The standard InChI is InChI=1S/C16H15NO4S/c1-2-12-10-14(7-8-15(12)17(20)21)22-13-5-3-11(4-6-13)9-16(18)19/h3-8,10H,2,9H2,1H3,(H,18,19). The van der Waals surface area contributed by atoms with Crippen molar-refractivity contribution >= 4 is 23.4 Å². The quantitative estimate of drug-likeness (QED) is 0.645. The number of benzene rings is 2. The van der Waals surface area contributed by atoms with Gasteiger partial charge in [-0.3, -0.25) is 14.9 Å². The van der Waals surface area contributed by atoms with Crippen molar-refractivity contribution in [3.8, 4) is 0 Å². The average molecular weight is 317 g/mol. The molecule has 1 N–H and O–H groups in total. The number of nitro benzene ring substituents is 1. The summed E-state index contributed by atoms with van der Waals surface area (Å²) in [6, 6.07) is 12.4. The van der Waals surface area contributed by atoms with Gasteiger partial charge in [-0.25, -0.2) is 0 Å². The number of carboxylic acid groups (broad SMARTS) is 1. The second-order valence-electron chi connectivity index (χ2n) is 4.72. The number of hydrogen-bond donors (Lipinski definition) is 1. The summed E-state index contributed by atoms with van der Waals surface area (Å²) in [6.45, 7) is 1.89. The van der Waals surface area contributed by atoms with Crippen LogP contribution in [-0.2, 0) is 17.6 Å². The second-order valence-corrected chi connectivity index (χ2v) is 5.86. The summed E-state index contributed by atoms with van der Waals surface area (Å²) in [6.07, 6.45) is 0.602. The first-order chi connectivity index (χ1) is 10.5. The van der Waals surface area contributed by atoms with Gasteiger partial charge in [0.1, 0.15) is 0 Å². The normalized spacial score (nSPS) is 10.4. The summed E-state index contributed by atoms with van der Waals surface area (Å²) in [5.74, 6) is -0.858. The Morgan fingerprint density at radius 1 is 1.18 bits per heavy atom. The molecule has 6 heteroatoms. The minimum absolute atomic E-state index is 0.00244. The van der Waals surface area contributed by atoms with E-state index >= 15 is 0 Å². The lowest BCUT2D eigenvalue weighted by atomic mass is 10.1. The number of hydrogen-bond acceptors (Lipinski definition) is 4.